The number of sulfone groups is 1. The van der Waals surface area contributed by atoms with Gasteiger partial charge in [-0.25, -0.2) is 13.2 Å². The molecule has 8 nitrogen and oxygen atoms in total. The van der Waals surface area contributed by atoms with Crippen molar-refractivity contribution in [3.8, 4) is 17.2 Å². The molecule has 168 valence electrons. The molecule has 0 bridgehead atoms. The Morgan fingerprint density at radius 1 is 1.00 bits per heavy atom. The molecule has 1 saturated heterocycles. The van der Waals surface area contributed by atoms with Gasteiger partial charge in [0.25, 0.3) is 0 Å². The Morgan fingerprint density at radius 3 is 2.45 bits per heavy atom. The van der Waals surface area contributed by atoms with Crippen molar-refractivity contribution in [3.05, 3.63) is 78.4 Å². The number of amides is 2. The highest BCUT2D eigenvalue weighted by Crippen LogP contribution is 2.32. The van der Waals surface area contributed by atoms with Crippen molar-refractivity contribution in [2.75, 3.05) is 25.0 Å². The van der Waals surface area contributed by atoms with Crippen molar-refractivity contribution in [3.63, 3.8) is 0 Å². The van der Waals surface area contributed by atoms with Crippen molar-refractivity contribution >= 4 is 21.6 Å². The third-order valence-corrected chi connectivity index (χ3v) is 7.19. The number of hydrogen-bond acceptors (Lipinski definition) is 6. The SMILES string of the molecule is N#Cc1cccc(-c2ccccc2S(=O)(=O)c2ccc(NC(=O)NCC3CNNC3)cc2)c1. The summed E-state index contributed by atoms with van der Waals surface area (Å²) in [6.45, 7) is 2.10. The second kappa shape index (κ2) is 9.83. The summed E-state index contributed by atoms with van der Waals surface area (Å²) in [4.78, 5) is 12.4. The third kappa shape index (κ3) is 5.21. The fourth-order valence-corrected chi connectivity index (χ4v) is 5.08. The van der Waals surface area contributed by atoms with Crippen LogP contribution >= 0.6 is 0 Å². The maximum atomic E-state index is 13.4. The summed E-state index contributed by atoms with van der Waals surface area (Å²) in [6.07, 6.45) is 0. The van der Waals surface area contributed by atoms with Gasteiger partial charge in [-0.3, -0.25) is 10.9 Å². The Kier molecular flexibility index (Phi) is 6.70. The molecule has 0 unspecified atom stereocenters. The Hall–Kier alpha value is -3.71. The first-order valence-corrected chi connectivity index (χ1v) is 11.9. The zero-order chi connectivity index (χ0) is 23.3. The van der Waals surface area contributed by atoms with Crippen LogP contribution in [0.5, 0.6) is 0 Å². The second-order valence-corrected chi connectivity index (χ2v) is 9.60. The predicted molar refractivity (Wildman–Crippen MR) is 125 cm³/mol. The molecular formula is C24H23N5O3S. The molecule has 0 radical (unpaired) electrons. The van der Waals surface area contributed by atoms with Crippen LogP contribution in [0.15, 0.2) is 82.6 Å². The second-order valence-electron chi connectivity index (χ2n) is 7.68. The fourth-order valence-electron chi connectivity index (χ4n) is 3.60. The average molecular weight is 462 g/mol. The van der Waals surface area contributed by atoms with E-state index in [0.717, 1.165) is 13.1 Å². The molecule has 1 heterocycles. The molecule has 9 heteroatoms. The van der Waals surface area contributed by atoms with Crippen molar-refractivity contribution in [1.29, 1.82) is 5.26 Å². The molecule has 3 aromatic rings. The highest BCUT2D eigenvalue weighted by molar-refractivity contribution is 7.91. The number of carbonyl (C=O) groups is 1. The summed E-state index contributed by atoms with van der Waals surface area (Å²) in [5.41, 5.74) is 8.13. The molecule has 1 aliphatic rings. The molecule has 4 rings (SSSR count). The summed E-state index contributed by atoms with van der Waals surface area (Å²) in [7, 11) is -3.83. The lowest BCUT2D eigenvalue weighted by Crippen LogP contribution is -2.34. The van der Waals surface area contributed by atoms with Crippen LogP contribution in [0.25, 0.3) is 11.1 Å². The monoisotopic (exact) mass is 461 g/mol. The molecule has 0 saturated carbocycles. The zero-order valence-corrected chi connectivity index (χ0v) is 18.5. The van der Waals surface area contributed by atoms with Crippen molar-refractivity contribution in [1.82, 2.24) is 16.2 Å². The van der Waals surface area contributed by atoms with E-state index >= 15 is 0 Å². The lowest BCUT2D eigenvalue weighted by Gasteiger charge is -2.13. The van der Waals surface area contributed by atoms with Crippen LogP contribution in [-0.2, 0) is 9.84 Å². The number of nitriles is 1. The largest absolute Gasteiger partial charge is 0.337 e. The smallest absolute Gasteiger partial charge is 0.319 e. The van der Waals surface area contributed by atoms with Crippen LogP contribution in [0.4, 0.5) is 10.5 Å². The number of nitrogens with one attached hydrogen (secondary N) is 4. The van der Waals surface area contributed by atoms with E-state index in [1.165, 1.54) is 12.1 Å². The first kappa shape index (κ1) is 22.5. The number of carbonyl (C=O) groups excluding carboxylic acids is 1. The number of anilines is 1. The van der Waals surface area contributed by atoms with Crippen LogP contribution < -0.4 is 21.5 Å². The van der Waals surface area contributed by atoms with Gasteiger partial charge in [0.1, 0.15) is 0 Å². The molecule has 4 N–H and O–H groups in total. The van der Waals surface area contributed by atoms with E-state index in [1.807, 2.05) is 0 Å². The van der Waals surface area contributed by atoms with Gasteiger partial charge < -0.3 is 10.6 Å². The average Bonchev–Trinajstić information content (AvgIpc) is 3.37. The minimum atomic E-state index is -3.83. The number of nitrogens with zero attached hydrogens (tertiary/aromatic N) is 1. The summed E-state index contributed by atoms with van der Waals surface area (Å²) in [5.74, 6) is 0.317. The van der Waals surface area contributed by atoms with E-state index in [1.54, 1.807) is 60.7 Å². The maximum Gasteiger partial charge on any atom is 0.319 e. The van der Waals surface area contributed by atoms with E-state index in [-0.39, 0.29) is 15.8 Å². The van der Waals surface area contributed by atoms with Gasteiger partial charge in [-0.15, -0.1) is 0 Å². The number of benzene rings is 3. The fraction of sp³-hybridized carbons (Fsp3) is 0.167. The Labute approximate surface area is 192 Å². The Balaban J connectivity index is 1.52. The lowest BCUT2D eigenvalue weighted by atomic mass is 10.0. The van der Waals surface area contributed by atoms with E-state index in [2.05, 4.69) is 27.6 Å². The first-order valence-electron chi connectivity index (χ1n) is 10.4. The molecule has 0 spiro atoms. The van der Waals surface area contributed by atoms with Gasteiger partial charge in [-0.2, -0.15) is 5.26 Å². The van der Waals surface area contributed by atoms with Gasteiger partial charge in [-0.05, 0) is 48.0 Å². The highest BCUT2D eigenvalue weighted by atomic mass is 32.2. The highest BCUT2D eigenvalue weighted by Gasteiger charge is 2.22. The molecule has 1 fully saturated rings. The van der Waals surface area contributed by atoms with Crippen LogP contribution in [0.2, 0.25) is 0 Å². The molecular weight excluding hydrogens is 438 g/mol. The van der Waals surface area contributed by atoms with Gasteiger partial charge in [0.05, 0.1) is 21.4 Å². The number of hydrazine groups is 1. The zero-order valence-electron chi connectivity index (χ0n) is 17.7. The predicted octanol–water partition coefficient (Wildman–Crippen LogP) is 2.90. The summed E-state index contributed by atoms with van der Waals surface area (Å²) in [5, 5.41) is 14.7. The van der Waals surface area contributed by atoms with Gasteiger partial charge in [0.15, 0.2) is 0 Å². The van der Waals surface area contributed by atoms with Crippen LogP contribution in [-0.4, -0.2) is 34.1 Å². The van der Waals surface area contributed by atoms with E-state index in [4.69, 9.17) is 0 Å². The molecule has 1 aliphatic heterocycles. The number of rotatable bonds is 6. The van der Waals surface area contributed by atoms with Gasteiger partial charge in [0, 0.05) is 36.8 Å². The maximum absolute atomic E-state index is 13.4. The first-order chi connectivity index (χ1) is 16.0. The summed E-state index contributed by atoms with van der Waals surface area (Å²) in [6, 6.07) is 21.3. The summed E-state index contributed by atoms with van der Waals surface area (Å²) >= 11 is 0. The van der Waals surface area contributed by atoms with E-state index in [9.17, 15) is 18.5 Å². The van der Waals surface area contributed by atoms with E-state index in [0.29, 0.717) is 34.8 Å². The normalized spacial score (nSPS) is 13.9. The van der Waals surface area contributed by atoms with Crippen molar-refractivity contribution in [2.24, 2.45) is 5.92 Å². The molecule has 2 amide bonds. The third-order valence-electron chi connectivity index (χ3n) is 5.36. The standard InChI is InChI=1S/C24H23N5O3S/c25-13-17-4-3-5-19(12-17)22-6-1-2-7-23(22)33(31,32)21-10-8-20(9-11-21)29-24(30)26-14-18-15-27-28-16-18/h1-12,18,27-28H,14-16H2,(H2,26,29,30). The minimum Gasteiger partial charge on any atom is -0.337 e. The topological polar surface area (TPSA) is 123 Å². The minimum absolute atomic E-state index is 0.112. The lowest BCUT2D eigenvalue weighted by molar-refractivity contribution is 0.250. The molecule has 3 aromatic carbocycles. The van der Waals surface area contributed by atoms with Crippen molar-refractivity contribution < 1.29 is 13.2 Å². The summed E-state index contributed by atoms with van der Waals surface area (Å²) < 4.78 is 26.8. The Bertz CT molecular complexity index is 1290. The van der Waals surface area contributed by atoms with Crippen LogP contribution in [0.1, 0.15) is 5.56 Å². The van der Waals surface area contributed by atoms with Gasteiger partial charge in [0.2, 0.25) is 9.84 Å². The van der Waals surface area contributed by atoms with Crippen molar-refractivity contribution in [2.45, 2.75) is 9.79 Å². The van der Waals surface area contributed by atoms with Crippen LogP contribution in [0, 0.1) is 17.2 Å². The molecule has 0 atom stereocenters. The van der Waals surface area contributed by atoms with Gasteiger partial charge in [-0.1, -0.05) is 30.3 Å². The Morgan fingerprint density at radius 2 is 1.73 bits per heavy atom. The molecule has 0 aromatic heterocycles. The van der Waals surface area contributed by atoms with Crippen LogP contribution in [0.3, 0.4) is 0 Å². The quantitative estimate of drug-likeness (QED) is 0.448. The molecule has 33 heavy (non-hydrogen) atoms. The number of hydrogen-bond donors (Lipinski definition) is 4. The van der Waals surface area contributed by atoms with E-state index < -0.39 is 9.84 Å². The van der Waals surface area contributed by atoms with Gasteiger partial charge >= 0.3 is 6.03 Å². The molecule has 0 aliphatic carbocycles. The number of urea groups is 1.